The first kappa shape index (κ1) is 16.1. The molecular formula is C16H14ClN5O2. The van der Waals surface area contributed by atoms with Gasteiger partial charge in [-0.2, -0.15) is 4.80 Å². The lowest BCUT2D eigenvalue weighted by Gasteiger charge is -2.05. The minimum atomic E-state index is -0.369. The number of hydrogen-bond acceptors (Lipinski definition) is 5. The van der Waals surface area contributed by atoms with Gasteiger partial charge >= 0.3 is 0 Å². The van der Waals surface area contributed by atoms with Crippen molar-refractivity contribution in [1.29, 1.82) is 0 Å². The van der Waals surface area contributed by atoms with Crippen molar-refractivity contribution in [3.8, 4) is 11.4 Å². The number of rotatable bonds is 6. The first-order chi connectivity index (χ1) is 11.7. The van der Waals surface area contributed by atoms with Gasteiger partial charge in [-0.1, -0.05) is 41.9 Å². The first-order valence-corrected chi connectivity index (χ1v) is 7.57. The number of aromatic nitrogens is 4. The maximum atomic E-state index is 11.8. The molecule has 0 atom stereocenters. The predicted octanol–water partition coefficient (Wildman–Crippen LogP) is 2.24. The van der Waals surface area contributed by atoms with Crippen LogP contribution in [0.1, 0.15) is 5.56 Å². The van der Waals surface area contributed by atoms with Crippen LogP contribution in [0.4, 0.5) is 0 Å². The highest BCUT2D eigenvalue weighted by Gasteiger charge is 2.09. The molecule has 0 unspecified atom stereocenters. The Labute approximate surface area is 143 Å². The molecule has 8 heteroatoms. The van der Waals surface area contributed by atoms with Gasteiger partial charge in [0.05, 0.1) is 6.61 Å². The average molecular weight is 344 g/mol. The molecule has 1 aromatic heterocycles. The summed E-state index contributed by atoms with van der Waals surface area (Å²) in [5.41, 5.74) is 4.08. The van der Waals surface area contributed by atoms with Gasteiger partial charge in [0, 0.05) is 10.6 Å². The summed E-state index contributed by atoms with van der Waals surface area (Å²) in [5, 5.41) is 12.5. The third kappa shape index (κ3) is 4.37. The monoisotopic (exact) mass is 343 g/mol. The van der Waals surface area contributed by atoms with Crippen LogP contribution in [0.2, 0.25) is 5.02 Å². The van der Waals surface area contributed by atoms with E-state index in [9.17, 15) is 4.79 Å². The van der Waals surface area contributed by atoms with Gasteiger partial charge in [-0.3, -0.25) is 9.63 Å². The van der Waals surface area contributed by atoms with E-state index >= 15 is 0 Å². The van der Waals surface area contributed by atoms with Gasteiger partial charge in [-0.05, 0) is 35.0 Å². The van der Waals surface area contributed by atoms with Crippen molar-refractivity contribution in [3.05, 3.63) is 65.2 Å². The van der Waals surface area contributed by atoms with E-state index < -0.39 is 0 Å². The number of nitrogens with one attached hydrogen (secondary N) is 1. The number of amides is 1. The highest BCUT2D eigenvalue weighted by Crippen LogP contribution is 2.16. The lowest BCUT2D eigenvalue weighted by Crippen LogP contribution is -2.28. The molecule has 3 aromatic rings. The number of hydrogen-bond donors (Lipinski definition) is 1. The molecule has 0 spiro atoms. The van der Waals surface area contributed by atoms with E-state index in [0.717, 1.165) is 11.1 Å². The Bertz CT molecular complexity index is 805. The van der Waals surface area contributed by atoms with E-state index in [4.69, 9.17) is 16.4 Å². The summed E-state index contributed by atoms with van der Waals surface area (Å²) in [6.07, 6.45) is 0. The van der Waals surface area contributed by atoms with Crippen LogP contribution >= 0.6 is 11.6 Å². The van der Waals surface area contributed by atoms with Crippen LogP contribution in [0, 0.1) is 0 Å². The molecule has 2 aromatic carbocycles. The van der Waals surface area contributed by atoms with Crippen molar-refractivity contribution in [3.63, 3.8) is 0 Å². The Balaban J connectivity index is 1.51. The summed E-state index contributed by atoms with van der Waals surface area (Å²) >= 11 is 5.84. The lowest BCUT2D eigenvalue weighted by atomic mass is 10.2. The predicted molar refractivity (Wildman–Crippen MR) is 87.6 cm³/mol. The molecule has 1 heterocycles. The zero-order valence-electron chi connectivity index (χ0n) is 12.6. The Hall–Kier alpha value is -2.77. The number of nitrogens with zero attached hydrogens (tertiary/aromatic N) is 4. The van der Waals surface area contributed by atoms with Crippen molar-refractivity contribution >= 4 is 17.5 Å². The molecular weight excluding hydrogens is 330 g/mol. The lowest BCUT2D eigenvalue weighted by molar-refractivity contribution is -0.135. The molecule has 1 amide bonds. The van der Waals surface area contributed by atoms with Crippen LogP contribution in [-0.2, 0) is 22.8 Å². The third-order valence-corrected chi connectivity index (χ3v) is 3.36. The number of carbonyl (C=O) groups is 1. The van der Waals surface area contributed by atoms with Gasteiger partial charge in [0.25, 0.3) is 5.91 Å². The molecule has 0 aliphatic rings. The zero-order chi connectivity index (χ0) is 16.8. The van der Waals surface area contributed by atoms with Gasteiger partial charge in [0.2, 0.25) is 5.82 Å². The summed E-state index contributed by atoms with van der Waals surface area (Å²) in [4.78, 5) is 18.2. The number of halogens is 1. The topological polar surface area (TPSA) is 81.9 Å². The van der Waals surface area contributed by atoms with Gasteiger partial charge in [0.15, 0.2) is 0 Å². The molecule has 0 aliphatic heterocycles. The van der Waals surface area contributed by atoms with E-state index in [1.807, 2.05) is 30.3 Å². The van der Waals surface area contributed by atoms with Crippen LogP contribution in [0.15, 0.2) is 54.6 Å². The molecule has 0 saturated carbocycles. The molecule has 122 valence electrons. The minimum absolute atomic E-state index is 0.0879. The molecule has 3 rings (SSSR count). The van der Waals surface area contributed by atoms with Crippen LogP contribution in [0.3, 0.4) is 0 Å². The highest BCUT2D eigenvalue weighted by molar-refractivity contribution is 6.30. The van der Waals surface area contributed by atoms with E-state index in [1.54, 1.807) is 24.3 Å². The van der Waals surface area contributed by atoms with Gasteiger partial charge in [0.1, 0.15) is 6.54 Å². The molecule has 1 N–H and O–H groups in total. The Morgan fingerprint density at radius 1 is 1.12 bits per heavy atom. The number of carbonyl (C=O) groups excluding carboxylic acids is 1. The van der Waals surface area contributed by atoms with Crippen LogP contribution in [0.5, 0.6) is 0 Å². The number of tetrazole rings is 1. The minimum Gasteiger partial charge on any atom is -0.271 e. The van der Waals surface area contributed by atoms with Crippen molar-refractivity contribution in [2.24, 2.45) is 0 Å². The molecule has 0 fully saturated rings. The van der Waals surface area contributed by atoms with Crippen LogP contribution in [0.25, 0.3) is 11.4 Å². The van der Waals surface area contributed by atoms with Crippen LogP contribution in [-0.4, -0.2) is 26.1 Å². The van der Waals surface area contributed by atoms with Crippen LogP contribution < -0.4 is 5.48 Å². The largest absolute Gasteiger partial charge is 0.271 e. The van der Waals surface area contributed by atoms with E-state index in [2.05, 4.69) is 20.9 Å². The highest BCUT2D eigenvalue weighted by atomic mass is 35.5. The zero-order valence-corrected chi connectivity index (χ0v) is 13.3. The second-order valence-corrected chi connectivity index (χ2v) is 5.39. The van der Waals surface area contributed by atoms with Gasteiger partial charge < -0.3 is 0 Å². The normalized spacial score (nSPS) is 10.5. The van der Waals surface area contributed by atoms with Crippen molar-refractivity contribution in [2.75, 3.05) is 0 Å². The molecule has 24 heavy (non-hydrogen) atoms. The Morgan fingerprint density at radius 2 is 1.88 bits per heavy atom. The SMILES string of the molecule is O=C(Cn1nnc(-c2ccc(Cl)cc2)n1)NOCc1ccccc1. The number of hydroxylamine groups is 1. The summed E-state index contributed by atoms with van der Waals surface area (Å²) < 4.78 is 0. The number of benzene rings is 2. The molecule has 0 aliphatic carbocycles. The Morgan fingerprint density at radius 3 is 2.62 bits per heavy atom. The van der Waals surface area contributed by atoms with Crippen molar-refractivity contribution in [2.45, 2.75) is 13.2 Å². The van der Waals surface area contributed by atoms with E-state index in [1.165, 1.54) is 4.80 Å². The van der Waals surface area contributed by atoms with Gasteiger partial charge in [-0.15, -0.1) is 10.2 Å². The maximum Gasteiger partial charge on any atom is 0.267 e. The second kappa shape index (κ2) is 7.67. The summed E-state index contributed by atoms with van der Waals surface area (Å²) in [6.45, 7) is 0.197. The first-order valence-electron chi connectivity index (χ1n) is 7.19. The molecule has 0 saturated heterocycles. The Kier molecular flexibility index (Phi) is 5.15. The van der Waals surface area contributed by atoms with Crippen molar-refractivity contribution in [1.82, 2.24) is 25.7 Å². The third-order valence-electron chi connectivity index (χ3n) is 3.11. The second-order valence-electron chi connectivity index (χ2n) is 4.95. The fourth-order valence-corrected chi connectivity index (χ4v) is 2.09. The quantitative estimate of drug-likeness (QED) is 0.694. The van der Waals surface area contributed by atoms with E-state index in [0.29, 0.717) is 10.8 Å². The molecule has 0 bridgehead atoms. The van der Waals surface area contributed by atoms with Crippen molar-refractivity contribution < 1.29 is 9.63 Å². The average Bonchev–Trinajstić information content (AvgIpc) is 3.05. The standard InChI is InChI=1S/C16H14ClN5O2/c17-14-8-6-13(7-9-14)16-18-21-22(19-16)10-15(23)20-24-11-12-4-2-1-3-5-12/h1-9H,10-11H2,(H,20,23). The fourth-order valence-electron chi connectivity index (χ4n) is 1.96. The maximum absolute atomic E-state index is 11.8. The van der Waals surface area contributed by atoms with E-state index in [-0.39, 0.29) is 19.1 Å². The smallest absolute Gasteiger partial charge is 0.267 e. The molecule has 7 nitrogen and oxygen atoms in total. The summed E-state index contributed by atoms with van der Waals surface area (Å²) in [7, 11) is 0. The summed E-state index contributed by atoms with van der Waals surface area (Å²) in [5.74, 6) is 0.0515. The summed E-state index contributed by atoms with van der Waals surface area (Å²) in [6, 6.07) is 16.6. The molecule has 0 radical (unpaired) electrons. The fraction of sp³-hybridized carbons (Fsp3) is 0.125. The van der Waals surface area contributed by atoms with Gasteiger partial charge in [-0.25, -0.2) is 5.48 Å².